The van der Waals surface area contributed by atoms with E-state index < -0.39 is 0 Å². The number of rotatable bonds is 3. The molecular formula is C20H14N4O2S. The molecule has 6 nitrogen and oxygen atoms in total. The standard InChI is InChI=1S/C20H14N4O2S/c25-19(16-10-21-14-3-1-2-4-15(14)22-16)24-20-23-17(11-27-20)12-5-6-18-13(9-12)7-8-26-18/h1-6,9-11H,7-8H2,(H,23,24,25). The second kappa shape index (κ2) is 6.44. The largest absolute Gasteiger partial charge is 0.493 e. The van der Waals surface area contributed by atoms with Crippen LogP contribution in [0.15, 0.2) is 54.0 Å². The average molecular weight is 374 g/mol. The molecule has 1 aliphatic heterocycles. The number of hydrogen-bond acceptors (Lipinski definition) is 6. The number of fused-ring (bicyclic) bond motifs is 2. The highest BCUT2D eigenvalue weighted by Gasteiger charge is 2.15. The third kappa shape index (κ3) is 3.02. The molecule has 2 aromatic heterocycles. The number of carbonyl (C=O) groups is 1. The summed E-state index contributed by atoms with van der Waals surface area (Å²) >= 11 is 1.38. The molecule has 7 heteroatoms. The predicted octanol–water partition coefficient (Wildman–Crippen LogP) is 3.94. The van der Waals surface area contributed by atoms with Crippen molar-refractivity contribution in [1.29, 1.82) is 0 Å². The maximum Gasteiger partial charge on any atom is 0.277 e. The van der Waals surface area contributed by atoms with E-state index in [9.17, 15) is 4.79 Å². The van der Waals surface area contributed by atoms with Crippen molar-refractivity contribution in [2.24, 2.45) is 0 Å². The van der Waals surface area contributed by atoms with Crippen LogP contribution in [0.2, 0.25) is 0 Å². The zero-order chi connectivity index (χ0) is 18.2. The zero-order valence-electron chi connectivity index (χ0n) is 14.2. The van der Waals surface area contributed by atoms with Gasteiger partial charge < -0.3 is 4.74 Å². The first-order chi connectivity index (χ1) is 13.3. The highest BCUT2D eigenvalue weighted by molar-refractivity contribution is 7.14. The summed E-state index contributed by atoms with van der Waals surface area (Å²) in [6.07, 6.45) is 2.39. The molecule has 132 valence electrons. The summed E-state index contributed by atoms with van der Waals surface area (Å²) in [5.41, 5.74) is 4.74. The van der Waals surface area contributed by atoms with E-state index in [0.29, 0.717) is 10.6 Å². The Labute approximate surface area is 158 Å². The molecule has 27 heavy (non-hydrogen) atoms. The summed E-state index contributed by atoms with van der Waals surface area (Å²) in [7, 11) is 0. The number of amides is 1. The number of nitrogens with zero attached hydrogens (tertiary/aromatic N) is 3. The molecule has 0 fully saturated rings. The predicted molar refractivity (Wildman–Crippen MR) is 104 cm³/mol. The molecule has 0 atom stereocenters. The van der Waals surface area contributed by atoms with Gasteiger partial charge in [-0.05, 0) is 35.9 Å². The third-order valence-electron chi connectivity index (χ3n) is 4.39. The van der Waals surface area contributed by atoms with Crippen LogP contribution in [0.1, 0.15) is 16.1 Å². The Kier molecular flexibility index (Phi) is 3.79. The number of para-hydroxylation sites is 2. The van der Waals surface area contributed by atoms with Crippen LogP contribution in [0, 0.1) is 0 Å². The second-order valence-electron chi connectivity index (χ2n) is 6.16. The van der Waals surface area contributed by atoms with Gasteiger partial charge in [0.05, 0.1) is 29.5 Å². The summed E-state index contributed by atoms with van der Waals surface area (Å²) in [5.74, 6) is 0.619. The number of thiazole rings is 1. The number of aromatic nitrogens is 3. The highest BCUT2D eigenvalue weighted by Crippen LogP contribution is 2.32. The minimum absolute atomic E-state index is 0.264. The number of nitrogens with one attached hydrogen (secondary N) is 1. The first-order valence-electron chi connectivity index (χ1n) is 8.51. The van der Waals surface area contributed by atoms with E-state index in [4.69, 9.17) is 4.74 Å². The van der Waals surface area contributed by atoms with Gasteiger partial charge in [-0.3, -0.25) is 15.1 Å². The summed E-state index contributed by atoms with van der Waals surface area (Å²) in [4.78, 5) is 25.7. The Hall–Kier alpha value is -3.32. The van der Waals surface area contributed by atoms with Gasteiger partial charge in [0.2, 0.25) is 0 Å². The van der Waals surface area contributed by atoms with Crippen molar-refractivity contribution in [2.75, 3.05) is 11.9 Å². The lowest BCUT2D eigenvalue weighted by atomic mass is 10.1. The number of anilines is 1. The first kappa shape index (κ1) is 15.9. The van der Waals surface area contributed by atoms with E-state index in [1.54, 1.807) is 0 Å². The summed E-state index contributed by atoms with van der Waals surface area (Å²) in [6, 6.07) is 13.5. The van der Waals surface area contributed by atoms with Crippen LogP contribution < -0.4 is 10.1 Å². The lowest BCUT2D eigenvalue weighted by Crippen LogP contribution is -2.14. The average Bonchev–Trinajstić information content (AvgIpc) is 3.36. The molecule has 4 aromatic rings. The molecule has 1 N–H and O–H groups in total. The lowest BCUT2D eigenvalue weighted by Gasteiger charge is -2.03. The fourth-order valence-corrected chi connectivity index (χ4v) is 3.75. The van der Waals surface area contributed by atoms with E-state index in [-0.39, 0.29) is 11.6 Å². The van der Waals surface area contributed by atoms with Crippen LogP contribution >= 0.6 is 11.3 Å². The lowest BCUT2D eigenvalue weighted by molar-refractivity contribution is 0.102. The Morgan fingerprint density at radius 2 is 2.00 bits per heavy atom. The summed E-state index contributed by atoms with van der Waals surface area (Å²) in [6.45, 7) is 0.726. The maximum absolute atomic E-state index is 12.5. The molecular weight excluding hydrogens is 360 g/mol. The van der Waals surface area contributed by atoms with Crippen molar-refractivity contribution in [2.45, 2.75) is 6.42 Å². The van der Waals surface area contributed by atoms with Crippen molar-refractivity contribution < 1.29 is 9.53 Å². The third-order valence-corrected chi connectivity index (χ3v) is 5.15. The first-order valence-corrected chi connectivity index (χ1v) is 9.39. The van der Waals surface area contributed by atoms with Gasteiger partial charge in [0.1, 0.15) is 11.4 Å². The summed E-state index contributed by atoms with van der Waals surface area (Å²) < 4.78 is 5.54. The van der Waals surface area contributed by atoms with Gasteiger partial charge in [0, 0.05) is 17.4 Å². The number of hydrogen-bond donors (Lipinski definition) is 1. The van der Waals surface area contributed by atoms with Crippen LogP contribution in [-0.4, -0.2) is 27.5 Å². The van der Waals surface area contributed by atoms with Crippen LogP contribution in [0.3, 0.4) is 0 Å². The molecule has 1 amide bonds. The molecule has 1 aliphatic rings. The molecule has 0 saturated carbocycles. The zero-order valence-corrected chi connectivity index (χ0v) is 15.0. The highest BCUT2D eigenvalue weighted by atomic mass is 32.1. The van der Waals surface area contributed by atoms with Crippen molar-refractivity contribution in [3.05, 3.63) is 65.3 Å². The van der Waals surface area contributed by atoms with Crippen molar-refractivity contribution in [3.8, 4) is 17.0 Å². The Morgan fingerprint density at radius 1 is 1.11 bits per heavy atom. The van der Waals surface area contributed by atoms with Crippen LogP contribution in [0.5, 0.6) is 5.75 Å². The molecule has 2 aromatic carbocycles. The molecule has 0 unspecified atom stereocenters. The normalized spacial score (nSPS) is 12.6. The van der Waals surface area contributed by atoms with Crippen LogP contribution in [0.25, 0.3) is 22.3 Å². The Morgan fingerprint density at radius 3 is 2.93 bits per heavy atom. The van der Waals surface area contributed by atoms with Gasteiger partial charge in [-0.1, -0.05) is 12.1 Å². The number of ether oxygens (including phenoxy) is 1. The molecule has 0 saturated heterocycles. The Balaban J connectivity index is 1.37. The molecule has 0 bridgehead atoms. The maximum atomic E-state index is 12.5. The van der Waals surface area contributed by atoms with Crippen LogP contribution in [0.4, 0.5) is 5.13 Å². The van der Waals surface area contributed by atoms with Gasteiger partial charge >= 0.3 is 0 Å². The van der Waals surface area contributed by atoms with Gasteiger partial charge in [-0.2, -0.15) is 0 Å². The fraction of sp³-hybridized carbons (Fsp3) is 0.100. The topological polar surface area (TPSA) is 77.0 Å². The number of carbonyl (C=O) groups excluding carboxylic acids is 1. The van der Waals surface area contributed by atoms with Gasteiger partial charge in [-0.25, -0.2) is 9.97 Å². The van der Waals surface area contributed by atoms with E-state index in [1.807, 2.05) is 41.8 Å². The SMILES string of the molecule is O=C(Nc1nc(-c2ccc3c(c2)CCO3)cs1)c1cnc2ccccc2n1. The quantitative estimate of drug-likeness (QED) is 0.588. The van der Waals surface area contributed by atoms with Gasteiger partial charge in [-0.15, -0.1) is 11.3 Å². The fourth-order valence-electron chi connectivity index (χ4n) is 3.04. The van der Waals surface area contributed by atoms with E-state index in [2.05, 4.69) is 26.3 Å². The molecule has 0 radical (unpaired) electrons. The molecule has 3 heterocycles. The van der Waals surface area contributed by atoms with Gasteiger partial charge in [0.25, 0.3) is 5.91 Å². The van der Waals surface area contributed by atoms with E-state index in [1.165, 1.54) is 23.1 Å². The van der Waals surface area contributed by atoms with E-state index in [0.717, 1.165) is 35.6 Å². The van der Waals surface area contributed by atoms with Crippen molar-refractivity contribution in [3.63, 3.8) is 0 Å². The van der Waals surface area contributed by atoms with E-state index >= 15 is 0 Å². The summed E-state index contributed by atoms with van der Waals surface area (Å²) in [5, 5.41) is 5.27. The Bertz CT molecular complexity index is 1170. The molecule has 0 aliphatic carbocycles. The second-order valence-corrected chi connectivity index (χ2v) is 7.02. The molecule has 0 spiro atoms. The van der Waals surface area contributed by atoms with Crippen molar-refractivity contribution in [1.82, 2.24) is 15.0 Å². The smallest absolute Gasteiger partial charge is 0.277 e. The minimum atomic E-state index is -0.323. The molecule has 5 rings (SSSR count). The minimum Gasteiger partial charge on any atom is -0.493 e. The monoisotopic (exact) mass is 374 g/mol. The van der Waals surface area contributed by atoms with Crippen LogP contribution in [-0.2, 0) is 6.42 Å². The van der Waals surface area contributed by atoms with Gasteiger partial charge in [0.15, 0.2) is 5.13 Å². The number of benzene rings is 2. The van der Waals surface area contributed by atoms with Crippen molar-refractivity contribution >= 4 is 33.4 Å².